The van der Waals surface area contributed by atoms with Crippen molar-refractivity contribution in [1.29, 1.82) is 0 Å². The maximum atomic E-state index is 11.5. The zero-order valence-electron chi connectivity index (χ0n) is 11.1. The monoisotopic (exact) mass is 230 g/mol. The molecule has 1 amide bonds. The van der Waals surface area contributed by atoms with Crippen LogP contribution in [0.2, 0.25) is 0 Å². The molecular formula is C12H26N2O2. The summed E-state index contributed by atoms with van der Waals surface area (Å²) in [5, 5.41) is 3.07. The molecule has 0 aromatic heterocycles. The van der Waals surface area contributed by atoms with Gasteiger partial charge in [0, 0.05) is 32.7 Å². The Labute approximate surface area is 99.3 Å². The van der Waals surface area contributed by atoms with Crippen LogP contribution in [-0.2, 0) is 9.53 Å². The summed E-state index contributed by atoms with van der Waals surface area (Å²) in [5.41, 5.74) is 0. The third-order valence-electron chi connectivity index (χ3n) is 2.37. The predicted octanol–water partition coefficient (Wildman–Crippen LogP) is 1.12. The fraction of sp³-hybridized carbons (Fsp3) is 0.917. The highest BCUT2D eigenvalue weighted by molar-refractivity contribution is 5.77. The van der Waals surface area contributed by atoms with Gasteiger partial charge in [-0.25, -0.2) is 0 Å². The van der Waals surface area contributed by atoms with Gasteiger partial charge in [0.1, 0.15) is 0 Å². The van der Waals surface area contributed by atoms with Crippen molar-refractivity contribution in [3.63, 3.8) is 0 Å². The van der Waals surface area contributed by atoms with Gasteiger partial charge in [0.05, 0.1) is 0 Å². The molecule has 0 aliphatic carbocycles. The molecule has 0 aliphatic rings. The molecule has 0 rings (SSSR count). The molecule has 0 bridgehead atoms. The summed E-state index contributed by atoms with van der Waals surface area (Å²) in [4.78, 5) is 13.3. The van der Waals surface area contributed by atoms with E-state index in [0.29, 0.717) is 0 Å². The van der Waals surface area contributed by atoms with E-state index in [4.69, 9.17) is 4.74 Å². The minimum Gasteiger partial charge on any atom is -0.381 e. The Hall–Kier alpha value is -0.610. The van der Waals surface area contributed by atoms with Gasteiger partial charge in [0.2, 0.25) is 5.91 Å². The average Bonchev–Trinajstić information content (AvgIpc) is 2.26. The highest BCUT2D eigenvalue weighted by atomic mass is 16.5. The highest BCUT2D eigenvalue weighted by Crippen LogP contribution is 1.99. The molecule has 4 nitrogen and oxygen atoms in total. The van der Waals surface area contributed by atoms with Crippen LogP contribution in [0.3, 0.4) is 0 Å². The van der Waals surface area contributed by atoms with Crippen LogP contribution in [0.4, 0.5) is 0 Å². The molecule has 0 saturated carbocycles. The van der Waals surface area contributed by atoms with Crippen LogP contribution in [0.15, 0.2) is 0 Å². The fourth-order valence-corrected chi connectivity index (χ4v) is 1.41. The summed E-state index contributed by atoms with van der Waals surface area (Å²) in [7, 11) is 3.79. The molecule has 96 valence electrons. The zero-order chi connectivity index (χ0) is 12.4. The van der Waals surface area contributed by atoms with Crippen molar-refractivity contribution in [2.45, 2.75) is 26.7 Å². The summed E-state index contributed by atoms with van der Waals surface area (Å²) in [5.74, 6) is 0.289. The molecule has 0 atom stereocenters. The van der Waals surface area contributed by atoms with Crippen molar-refractivity contribution in [3.8, 4) is 0 Å². The molecule has 0 unspecified atom stereocenters. The highest BCUT2D eigenvalue weighted by Gasteiger charge is 2.11. The van der Waals surface area contributed by atoms with E-state index in [9.17, 15) is 4.79 Å². The molecule has 1 N–H and O–H groups in total. The Kier molecular flexibility index (Phi) is 9.24. The maximum Gasteiger partial charge on any atom is 0.224 e. The van der Waals surface area contributed by atoms with E-state index < -0.39 is 0 Å². The van der Waals surface area contributed by atoms with Gasteiger partial charge >= 0.3 is 0 Å². The third kappa shape index (κ3) is 7.65. The van der Waals surface area contributed by atoms with Gasteiger partial charge < -0.3 is 15.0 Å². The fourth-order valence-electron chi connectivity index (χ4n) is 1.41. The van der Waals surface area contributed by atoms with Crippen molar-refractivity contribution in [3.05, 3.63) is 0 Å². The van der Waals surface area contributed by atoms with Gasteiger partial charge in [0.25, 0.3) is 0 Å². The van der Waals surface area contributed by atoms with E-state index in [-0.39, 0.29) is 11.8 Å². The van der Waals surface area contributed by atoms with E-state index in [0.717, 1.165) is 39.1 Å². The predicted molar refractivity (Wildman–Crippen MR) is 66.5 cm³/mol. The number of carbonyl (C=O) groups excluding carboxylic acids is 1. The lowest BCUT2D eigenvalue weighted by Gasteiger charge is -2.19. The van der Waals surface area contributed by atoms with E-state index >= 15 is 0 Å². The Morgan fingerprint density at radius 2 is 1.94 bits per heavy atom. The first-order valence-electron chi connectivity index (χ1n) is 6.07. The number of hydrogen-bond acceptors (Lipinski definition) is 3. The summed E-state index contributed by atoms with van der Waals surface area (Å²) >= 11 is 0. The second-order valence-electron chi connectivity index (χ2n) is 4.34. The first-order chi connectivity index (χ1) is 7.59. The minimum atomic E-state index is 0.0848. The van der Waals surface area contributed by atoms with Crippen molar-refractivity contribution < 1.29 is 9.53 Å². The minimum absolute atomic E-state index is 0.0848. The Morgan fingerprint density at radius 3 is 2.50 bits per heavy atom. The van der Waals surface area contributed by atoms with E-state index in [1.165, 1.54) is 0 Å². The van der Waals surface area contributed by atoms with E-state index in [1.807, 2.05) is 27.9 Å². The molecular weight excluding hydrogens is 204 g/mol. The van der Waals surface area contributed by atoms with Gasteiger partial charge in [-0.15, -0.1) is 0 Å². The Balaban J connectivity index is 3.34. The zero-order valence-corrected chi connectivity index (χ0v) is 11.1. The van der Waals surface area contributed by atoms with Crippen LogP contribution in [0.25, 0.3) is 0 Å². The first kappa shape index (κ1) is 15.4. The van der Waals surface area contributed by atoms with Crippen LogP contribution >= 0.6 is 0 Å². The summed E-state index contributed by atoms with van der Waals surface area (Å²) < 4.78 is 5.45. The largest absolute Gasteiger partial charge is 0.381 e. The molecule has 0 aliphatic heterocycles. The van der Waals surface area contributed by atoms with Crippen molar-refractivity contribution >= 4 is 5.91 Å². The van der Waals surface area contributed by atoms with Crippen molar-refractivity contribution in [2.24, 2.45) is 5.92 Å². The molecule has 0 saturated heterocycles. The summed E-state index contributed by atoms with van der Waals surface area (Å²) in [6.45, 7) is 7.15. The van der Waals surface area contributed by atoms with Crippen LogP contribution < -0.4 is 5.32 Å². The molecule has 0 spiro atoms. The number of rotatable bonds is 9. The van der Waals surface area contributed by atoms with Gasteiger partial charge in [-0.1, -0.05) is 13.8 Å². The number of carbonyl (C=O) groups is 1. The van der Waals surface area contributed by atoms with E-state index in [2.05, 4.69) is 5.32 Å². The Morgan fingerprint density at radius 1 is 1.31 bits per heavy atom. The number of hydrogen-bond donors (Lipinski definition) is 1. The Bertz CT molecular complexity index is 184. The lowest BCUT2D eigenvalue weighted by atomic mass is 10.2. The second kappa shape index (κ2) is 9.60. The van der Waals surface area contributed by atoms with E-state index in [1.54, 1.807) is 4.90 Å². The lowest BCUT2D eigenvalue weighted by Crippen LogP contribution is -2.31. The summed E-state index contributed by atoms with van der Waals surface area (Å²) in [6, 6.07) is 0. The standard InChI is InChI=1S/C12H26N2O2/c1-11(2)12(15)14(4)8-6-10-16-9-5-7-13-3/h11,13H,5-10H2,1-4H3. The second-order valence-corrected chi connectivity index (χ2v) is 4.34. The van der Waals surface area contributed by atoms with Gasteiger partial charge in [-0.2, -0.15) is 0 Å². The molecule has 4 heteroatoms. The van der Waals surface area contributed by atoms with Gasteiger partial charge in [0.15, 0.2) is 0 Å². The smallest absolute Gasteiger partial charge is 0.224 e. The van der Waals surface area contributed by atoms with Gasteiger partial charge in [-0.05, 0) is 26.4 Å². The molecule has 0 radical (unpaired) electrons. The summed E-state index contributed by atoms with van der Waals surface area (Å²) in [6.07, 6.45) is 1.95. The van der Waals surface area contributed by atoms with Crippen LogP contribution in [-0.4, -0.2) is 51.2 Å². The normalized spacial score (nSPS) is 10.8. The average molecular weight is 230 g/mol. The molecule has 0 aromatic carbocycles. The van der Waals surface area contributed by atoms with Gasteiger partial charge in [-0.3, -0.25) is 4.79 Å². The maximum absolute atomic E-state index is 11.5. The number of nitrogens with one attached hydrogen (secondary N) is 1. The SMILES string of the molecule is CNCCCOCCCN(C)C(=O)C(C)C. The quantitative estimate of drug-likeness (QED) is 0.603. The van der Waals surface area contributed by atoms with Crippen molar-refractivity contribution in [2.75, 3.05) is 40.4 Å². The number of nitrogens with zero attached hydrogens (tertiary/aromatic N) is 1. The van der Waals surface area contributed by atoms with Crippen molar-refractivity contribution in [1.82, 2.24) is 10.2 Å². The van der Waals surface area contributed by atoms with Crippen LogP contribution in [0.5, 0.6) is 0 Å². The topological polar surface area (TPSA) is 41.6 Å². The molecule has 0 aromatic rings. The van der Waals surface area contributed by atoms with Crippen LogP contribution in [0.1, 0.15) is 26.7 Å². The molecule has 16 heavy (non-hydrogen) atoms. The molecule has 0 heterocycles. The molecule has 0 fully saturated rings. The third-order valence-corrected chi connectivity index (χ3v) is 2.37. The first-order valence-corrected chi connectivity index (χ1v) is 6.07. The van der Waals surface area contributed by atoms with Crippen LogP contribution in [0, 0.1) is 5.92 Å². The number of ether oxygens (including phenoxy) is 1. The lowest BCUT2D eigenvalue weighted by molar-refractivity contribution is -0.133. The number of amides is 1.